The first kappa shape index (κ1) is 8.98. The van der Waals surface area contributed by atoms with Crippen molar-refractivity contribution in [2.24, 2.45) is 0 Å². The Morgan fingerprint density at radius 2 is 2.20 bits per heavy atom. The van der Waals surface area contributed by atoms with Crippen molar-refractivity contribution in [3.8, 4) is 0 Å². The third-order valence-electron chi connectivity index (χ3n) is 3.23. The monoisotopic (exact) mass is 200 g/mol. The van der Waals surface area contributed by atoms with Gasteiger partial charge in [0.1, 0.15) is 0 Å². The average Bonchev–Trinajstić information content (AvgIpc) is 2.44. The van der Waals surface area contributed by atoms with Crippen LogP contribution in [0.25, 0.3) is 10.9 Å². The van der Waals surface area contributed by atoms with Crippen LogP contribution in [0.2, 0.25) is 0 Å². The van der Waals surface area contributed by atoms with Crippen molar-refractivity contribution >= 4 is 10.9 Å². The molecular weight excluding hydrogens is 184 g/mol. The molecule has 15 heavy (non-hydrogen) atoms. The molecule has 2 aromatic rings. The minimum absolute atomic E-state index is 0.989. The summed E-state index contributed by atoms with van der Waals surface area (Å²) in [6.45, 7) is 4.28. The fourth-order valence-corrected chi connectivity index (χ4v) is 2.46. The van der Waals surface area contributed by atoms with Gasteiger partial charge in [-0.3, -0.25) is 0 Å². The second-order valence-corrected chi connectivity index (χ2v) is 4.41. The number of hydrogen-bond donors (Lipinski definition) is 2. The normalized spacial score (nSPS) is 16.3. The second-order valence-electron chi connectivity index (χ2n) is 4.41. The summed E-state index contributed by atoms with van der Waals surface area (Å²) in [6, 6.07) is 6.67. The standard InChI is InChI=1S/C13H16N2/c1-9-4-5-12-11(7-9)10-3-2-6-14-8-13(10)15-12/h4-5,7,14-15H,2-3,6,8H2,1H3. The largest absolute Gasteiger partial charge is 0.357 e. The van der Waals surface area contributed by atoms with E-state index in [2.05, 4.69) is 35.4 Å². The van der Waals surface area contributed by atoms with Gasteiger partial charge in [-0.05, 0) is 44.0 Å². The smallest absolute Gasteiger partial charge is 0.0459 e. The Balaban J connectivity index is 2.24. The van der Waals surface area contributed by atoms with E-state index >= 15 is 0 Å². The molecule has 1 aromatic heterocycles. The summed E-state index contributed by atoms with van der Waals surface area (Å²) in [6.07, 6.45) is 2.44. The highest BCUT2D eigenvalue weighted by molar-refractivity contribution is 5.85. The molecule has 0 radical (unpaired) electrons. The van der Waals surface area contributed by atoms with E-state index in [1.807, 2.05) is 0 Å². The van der Waals surface area contributed by atoms with E-state index < -0.39 is 0 Å². The quantitative estimate of drug-likeness (QED) is 0.672. The van der Waals surface area contributed by atoms with Crippen molar-refractivity contribution in [2.45, 2.75) is 26.3 Å². The lowest BCUT2D eigenvalue weighted by Gasteiger charge is -1.98. The number of hydrogen-bond acceptors (Lipinski definition) is 1. The van der Waals surface area contributed by atoms with Crippen LogP contribution in [0.3, 0.4) is 0 Å². The second kappa shape index (κ2) is 3.38. The molecule has 78 valence electrons. The minimum atomic E-state index is 0.989. The summed E-state index contributed by atoms with van der Waals surface area (Å²) in [5, 5.41) is 4.87. The van der Waals surface area contributed by atoms with Gasteiger partial charge in [-0.2, -0.15) is 0 Å². The molecule has 0 aliphatic carbocycles. The van der Waals surface area contributed by atoms with Crippen molar-refractivity contribution < 1.29 is 0 Å². The van der Waals surface area contributed by atoms with E-state index in [4.69, 9.17) is 0 Å². The number of fused-ring (bicyclic) bond motifs is 3. The third-order valence-corrected chi connectivity index (χ3v) is 3.23. The Morgan fingerprint density at radius 3 is 3.13 bits per heavy atom. The molecular formula is C13H16N2. The van der Waals surface area contributed by atoms with Crippen LogP contribution in [0.5, 0.6) is 0 Å². The van der Waals surface area contributed by atoms with Crippen molar-refractivity contribution in [3.63, 3.8) is 0 Å². The lowest BCUT2D eigenvalue weighted by atomic mass is 10.0. The zero-order chi connectivity index (χ0) is 10.3. The first-order valence-corrected chi connectivity index (χ1v) is 5.65. The molecule has 1 aliphatic heterocycles. The van der Waals surface area contributed by atoms with Crippen LogP contribution in [0.4, 0.5) is 0 Å². The molecule has 2 N–H and O–H groups in total. The lowest BCUT2D eigenvalue weighted by molar-refractivity contribution is 0.675. The first-order valence-electron chi connectivity index (χ1n) is 5.65. The number of rotatable bonds is 0. The molecule has 0 fully saturated rings. The number of H-pyrrole nitrogens is 1. The maximum absolute atomic E-state index is 3.52. The highest BCUT2D eigenvalue weighted by Gasteiger charge is 2.13. The molecule has 0 saturated heterocycles. The zero-order valence-electron chi connectivity index (χ0n) is 9.06. The minimum Gasteiger partial charge on any atom is -0.357 e. The Morgan fingerprint density at radius 1 is 1.27 bits per heavy atom. The Labute approximate surface area is 89.7 Å². The van der Waals surface area contributed by atoms with E-state index in [1.54, 1.807) is 0 Å². The number of nitrogens with one attached hydrogen (secondary N) is 2. The Hall–Kier alpha value is -1.28. The van der Waals surface area contributed by atoms with Gasteiger partial charge in [0.15, 0.2) is 0 Å². The van der Waals surface area contributed by atoms with Crippen LogP contribution >= 0.6 is 0 Å². The van der Waals surface area contributed by atoms with Gasteiger partial charge in [0.25, 0.3) is 0 Å². The van der Waals surface area contributed by atoms with E-state index in [1.165, 1.54) is 40.6 Å². The molecule has 0 amide bonds. The zero-order valence-corrected chi connectivity index (χ0v) is 9.06. The van der Waals surface area contributed by atoms with Crippen LogP contribution in [0, 0.1) is 6.92 Å². The molecule has 3 rings (SSSR count). The van der Waals surface area contributed by atoms with Crippen LogP contribution in [-0.4, -0.2) is 11.5 Å². The van der Waals surface area contributed by atoms with Crippen LogP contribution < -0.4 is 5.32 Å². The topological polar surface area (TPSA) is 27.8 Å². The fraction of sp³-hybridized carbons (Fsp3) is 0.385. The Kier molecular flexibility index (Phi) is 2.03. The van der Waals surface area contributed by atoms with Crippen LogP contribution in [-0.2, 0) is 13.0 Å². The molecule has 1 aliphatic rings. The summed E-state index contributed by atoms with van der Waals surface area (Å²) in [7, 11) is 0. The predicted molar refractivity (Wildman–Crippen MR) is 63.1 cm³/mol. The number of benzene rings is 1. The maximum Gasteiger partial charge on any atom is 0.0459 e. The summed E-state index contributed by atoms with van der Waals surface area (Å²) in [4.78, 5) is 3.52. The predicted octanol–water partition coefficient (Wildman–Crippen LogP) is 2.51. The van der Waals surface area contributed by atoms with E-state index in [9.17, 15) is 0 Å². The summed E-state index contributed by atoms with van der Waals surface area (Å²) < 4.78 is 0. The van der Waals surface area contributed by atoms with Gasteiger partial charge in [-0.15, -0.1) is 0 Å². The molecule has 0 unspecified atom stereocenters. The molecule has 0 saturated carbocycles. The molecule has 1 aromatic carbocycles. The molecule has 0 atom stereocenters. The van der Waals surface area contributed by atoms with Gasteiger partial charge in [0, 0.05) is 23.1 Å². The van der Waals surface area contributed by atoms with E-state index in [0.29, 0.717) is 0 Å². The van der Waals surface area contributed by atoms with E-state index in [0.717, 1.165) is 13.1 Å². The molecule has 0 spiro atoms. The van der Waals surface area contributed by atoms with Crippen LogP contribution in [0.1, 0.15) is 23.2 Å². The number of aromatic amines is 1. The van der Waals surface area contributed by atoms with Gasteiger partial charge in [-0.25, -0.2) is 0 Å². The van der Waals surface area contributed by atoms with Crippen LogP contribution in [0.15, 0.2) is 18.2 Å². The molecule has 0 bridgehead atoms. The van der Waals surface area contributed by atoms with Crippen molar-refractivity contribution in [1.82, 2.24) is 10.3 Å². The third kappa shape index (κ3) is 1.45. The van der Waals surface area contributed by atoms with Gasteiger partial charge in [0.2, 0.25) is 0 Å². The van der Waals surface area contributed by atoms with Crippen molar-refractivity contribution in [3.05, 3.63) is 35.0 Å². The summed E-state index contributed by atoms with van der Waals surface area (Å²) >= 11 is 0. The number of aryl methyl sites for hydroxylation is 2. The molecule has 2 heterocycles. The van der Waals surface area contributed by atoms with Crippen molar-refractivity contribution in [2.75, 3.05) is 6.54 Å². The molecule has 2 nitrogen and oxygen atoms in total. The first-order chi connectivity index (χ1) is 7.34. The van der Waals surface area contributed by atoms with E-state index in [-0.39, 0.29) is 0 Å². The Bertz CT molecular complexity index is 496. The van der Waals surface area contributed by atoms with Gasteiger partial charge < -0.3 is 10.3 Å². The fourth-order valence-electron chi connectivity index (χ4n) is 2.46. The number of aromatic nitrogens is 1. The van der Waals surface area contributed by atoms with Gasteiger partial charge in [-0.1, -0.05) is 11.6 Å². The van der Waals surface area contributed by atoms with Gasteiger partial charge in [0.05, 0.1) is 0 Å². The maximum atomic E-state index is 3.52. The highest BCUT2D eigenvalue weighted by Crippen LogP contribution is 2.25. The van der Waals surface area contributed by atoms with Crippen molar-refractivity contribution in [1.29, 1.82) is 0 Å². The SMILES string of the molecule is Cc1ccc2[nH]c3c(c2c1)CCCNC3. The molecule has 2 heteroatoms. The lowest BCUT2D eigenvalue weighted by Crippen LogP contribution is -2.12. The summed E-state index contributed by atoms with van der Waals surface area (Å²) in [5.41, 5.74) is 5.54. The summed E-state index contributed by atoms with van der Waals surface area (Å²) in [5.74, 6) is 0. The average molecular weight is 200 g/mol. The van der Waals surface area contributed by atoms with Gasteiger partial charge >= 0.3 is 0 Å². The highest BCUT2D eigenvalue weighted by atomic mass is 14.9.